The Morgan fingerprint density at radius 2 is 1.53 bits per heavy atom. The highest BCUT2D eigenvalue weighted by Gasteiger charge is 2.21. The van der Waals surface area contributed by atoms with Crippen molar-refractivity contribution in [2.45, 2.75) is 20.0 Å². The molecule has 0 aliphatic heterocycles. The van der Waals surface area contributed by atoms with Gasteiger partial charge in [0.25, 0.3) is 0 Å². The summed E-state index contributed by atoms with van der Waals surface area (Å²) in [5.74, 6) is 0.981. The number of carbonyl (C=O) groups is 1. The van der Waals surface area contributed by atoms with Crippen molar-refractivity contribution in [1.82, 2.24) is 9.62 Å². The van der Waals surface area contributed by atoms with E-state index in [-0.39, 0.29) is 19.6 Å². The summed E-state index contributed by atoms with van der Waals surface area (Å²) in [7, 11) is 0.961. The van der Waals surface area contributed by atoms with Gasteiger partial charge in [0.15, 0.2) is 11.5 Å². The van der Waals surface area contributed by atoms with Crippen LogP contribution in [-0.2, 0) is 27.9 Å². The van der Waals surface area contributed by atoms with Crippen LogP contribution >= 0.6 is 0 Å². The highest BCUT2D eigenvalue weighted by atomic mass is 32.2. The zero-order valence-corrected chi connectivity index (χ0v) is 18.7. The molecule has 0 radical (unpaired) electrons. The second kappa shape index (κ2) is 10.3. The molecule has 0 fully saturated rings. The number of hydrogen-bond donors (Lipinski definition) is 1. The number of ether oxygens (including phenoxy) is 3. The molecular weight excluding hydrogens is 408 g/mol. The Bertz CT molecular complexity index is 948. The number of methoxy groups -OCH3 is 3. The van der Waals surface area contributed by atoms with Gasteiger partial charge < -0.3 is 19.5 Å². The van der Waals surface area contributed by atoms with Gasteiger partial charge >= 0.3 is 0 Å². The number of amides is 1. The molecular formula is C21H28N2O6S. The quantitative estimate of drug-likeness (QED) is 0.613. The number of nitrogens with zero attached hydrogens (tertiary/aromatic N) is 1. The fourth-order valence-electron chi connectivity index (χ4n) is 2.84. The fourth-order valence-corrected chi connectivity index (χ4v) is 3.58. The van der Waals surface area contributed by atoms with E-state index >= 15 is 0 Å². The van der Waals surface area contributed by atoms with E-state index in [2.05, 4.69) is 5.32 Å². The van der Waals surface area contributed by atoms with Gasteiger partial charge in [0, 0.05) is 13.1 Å². The minimum Gasteiger partial charge on any atom is -0.493 e. The van der Waals surface area contributed by atoms with E-state index in [1.807, 2.05) is 31.2 Å². The number of aryl methyl sites for hydroxylation is 1. The number of sulfonamides is 1. The first-order chi connectivity index (χ1) is 14.2. The van der Waals surface area contributed by atoms with Gasteiger partial charge in [-0.1, -0.05) is 29.8 Å². The Morgan fingerprint density at radius 1 is 0.967 bits per heavy atom. The van der Waals surface area contributed by atoms with E-state index in [1.165, 1.54) is 21.3 Å². The minimum absolute atomic E-state index is 0.122. The summed E-state index contributed by atoms with van der Waals surface area (Å²) in [5, 5.41) is 2.74. The van der Waals surface area contributed by atoms with Crippen LogP contribution in [0.4, 0.5) is 0 Å². The largest absolute Gasteiger partial charge is 0.493 e. The summed E-state index contributed by atoms with van der Waals surface area (Å²) < 4.78 is 41.3. The fraction of sp³-hybridized carbons (Fsp3) is 0.381. The molecule has 2 aromatic carbocycles. The molecule has 9 heteroatoms. The molecule has 0 heterocycles. The third kappa shape index (κ3) is 6.36. The smallest absolute Gasteiger partial charge is 0.235 e. The standard InChI is InChI=1S/C21H28N2O6S/c1-15-6-8-16(9-7-15)13-23(30(5,25)26)14-20(24)22-12-17-10-18(27-2)21(29-4)19(11-17)28-3/h6-11H,12-14H2,1-5H3,(H,22,24). The molecule has 1 N–H and O–H groups in total. The van der Waals surface area contributed by atoms with Crippen LogP contribution in [0.2, 0.25) is 0 Å². The normalized spacial score (nSPS) is 11.3. The predicted molar refractivity (Wildman–Crippen MR) is 114 cm³/mol. The van der Waals surface area contributed by atoms with Gasteiger partial charge in [0.2, 0.25) is 21.7 Å². The van der Waals surface area contributed by atoms with Crippen molar-refractivity contribution in [3.8, 4) is 17.2 Å². The number of rotatable bonds is 10. The second-order valence-corrected chi connectivity index (χ2v) is 8.81. The van der Waals surface area contributed by atoms with Crippen molar-refractivity contribution in [3.63, 3.8) is 0 Å². The molecule has 2 aromatic rings. The second-order valence-electron chi connectivity index (χ2n) is 6.83. The van der Waals surface area contributed by atoms with Crippen LogP contribution in [-0.4, -0.2) is 52.8 Å². The third-order valence-corrected chi connectivity index (χ3v) is 5.68. The Kier molecular flexibility index (Phi) is 8.08. The Balaban J connectivity index is 2.08. The van der Waals surface area contributed by atoms with E-state index in [9.17, 15) is 13.2 Å². The van der Waals surface area contributed by atoms with Gasteiger partial charge in [0.05, 0.1) is 34.1 Å². The van der Waals surface area contributed by atoms with Crippen LogP contribution in [0.3, 0.4) is 0 Å². The predicted octanol–water partition coefficient (Wildman–Crippen LogP) is 2.10. The molecule has 1 amide bonds. The topological polar surface area (TPSA) is 94.2 Å². The van der Waals surface area contributed by atoms with Crippen molar-refractivity contribution in [2.24, 2.45) is 0 Å². The molecule has 0 bridgehead atoms. The summed E-state index contributed by atoms with van der Waals surface area (Å²) >= 11 is 0. The maximum Gasteiger partial charge on any atom is 0.235 e. The van der Waals surface area contributed by atoms with E-state index in [4.69, 9.17) is 14.2 Å². The van der Waals surface area contributed by atoms with E-state index in [0.29, 0.717) is 17.2 Å². The Hall–Kier alpha value is -2.78. The van der Waals surface area contributed by atoms with Crippen LogP contribution in [0.15, 0.2) is 36.4 Å². The van der Waals surface area contributed by atoms with Crippen molar-refractivity contribution in [3.05, 3.63) is 53.1 Å². The molecule has 0 aliphatic carbocycles. The first-order valence-corrected chi connectivity index (χ1v) is 11.1. The maximum absolute atomic E-state index is 12.4. The van der Waals surface area contributed by atoms with Crippen LogP contribution in [0.5, 0.6) is 17.2 Å². The van der Waals surface area contributed by atoms with Crippen LogP contribution in [0, 0.1) is 6.92 Å². The average Bonchev–Trinajstić information content (AvgIpc) is 2.71. The molecule has 0 saturated heterocycles. The van der Waals surface area contributed by atoms with Crippen molar-refractivity contribution in [2.75, 3.05) is 34.1 Å². The molecule has 2 rings (SSSR count). The molecule has 0 atom stereocenters. The first-order valence-electron chi connectivity index (χ1n) is 9.24. The zero-order chi connectivity index (χ0) is 22.3. The Morgan fingerprint density at radius 3 is 2.00 bits per heavy atom. The van der Waals surface area contributed by atoms with Gasteiger partial charge in [-0.25, -0.2) is 8.42 Å². The van der Waals surface area contributed by atoms with Gasteiger partial charge in [0.1, 0.15) is 0 Å². The minimum atomic E-state index is -3.57. The molecule has 0 unspecified atom stereocenters. The average molecular weight is 437 g/mol. The monoisotopic (exact) mass is 436 g/mol. The lowest BCUT2D eigenvalue weighted by atomic mass is 10.1. The number of hydrogen-bond acceptors (Lipinski definition) is 6. The van der Waals surface area contributed by atoms with Crippen molar-refractivity contribution in [1.29, 1.82) is 0 Å². The molecule has 0 spiro atoms. The highest BCUT2D eigenvalue weighted by molar-refractivity contribution is 7.88. The molecule has 8 nitrogen and oxygen atoms in total. The lowest BCUT2D eigenvalue weighted by molar-refractivity contribution is -0.121. The van der Waals surface area contributed by atoms with Crippen LogP contribution < -0.4 is 19.5 Å². The van der Waals surface area contributed by atoms with E-state index in [1.54, 1.807) is 12.1 Å². The molecule has 0 saturated carbocycles. The van der Waals surface area contributed by atoms with Gasteiger partial charge in [-0.2, -0.15) is 4.31 Å². The molecule has 164 valence electrons. The molecule has 0 aliphatic rings. The molecule has 0 aromatic heterocycles. The zero-order valence-electron chi connectivity index (χ0n) is 17.9. The van der Waals surface area contributed by atoms with E-state index < -0.39 is 15.9 Å². The summed E-state index contributed by atoms with van der Waals surface area (Å²) in [4.78, 5) is 12.4. The lowest BCUT2D eigenvalue weighted by Crippen LogP contribution is -2.39. The summed E-state index contributed by atoms with van der Waals surface area (Å²) in [5.41, 5.74) is 2.61. The lowest BCUT2D eigenvalue weighted by Gasteiger charge is -2.20. The van der Waals surface area contributed by atoms with Crippen LogP contribution in [0.25, 0.3) is 0 Å². The number of benzene rings is 2. The highest BCUT2D eigenvalue weighted by Crippen LogP contribution is 2.38. The van der Waals surface area contributed by atoms with Gasteiger partial charge in [-0.05, 0) is 30.2 Å². The van der Waals surface area contributed by atoms with E-state index in [0.717, 1.165) is 27.3 Å². The van der Waals surface area contributed by atoms with Crippen molar-refractivity contribution >= 4 is 15.9 Å². The van der Waals surface area contributed by atoms with Gasteiger partial charge in [-0.15, -0.1) is 0 Å². The summed E-state index contributed by atoms with van der Waals surface area (Å²) in [6, 6.07) is 11.0. The van der Waals surface area contributed by atoms with Crippen molar-refractivity contribution < 1.29 is 27.4 Å². The summed E-state index contributed by atoms with van der Waals surface area (Å²) in [6.07, 6.45) is 1.09. The summed E-state index contributed by atoms with van der Waals surface area (Å²) in [6.45, 7) is 1.97. The number of carbonyl (C=O) groups excluding carboxylic acids is 1. The SMILES string of the molecule is COc1cc(CNC(=O)CN(Cc2ccc(C)cc2)S(C)(=O)=O)cc(OC)c1OC. The Labute approximate surface area is 177 Å². The van der Waals surface area contributed by atoms with Crippen LogP contribution in [0.1, 0.15) is 16.7 Å². The number of nitrogens with one attached hydrogen (secondary N) is 1. The van der Waals surface area contributed by atoms with Gasteiger partial charge in [-0.3, -0.25) is 4.79 Å². The maximum atomic E-state index is 12.4. The first kappa shape index (κ1) is 23.5. The third-order valence-electron chi connectivity index (χ3n) is 4.48. The molecule has 30 heavy (non-hydrogen) atoms.